The molecular formula is C66H133N2O6P. The molecule has 0 aromatic heterocycles. The predicted octanol–water partition coefficient (Wildman–Crippen LogP) is 20.3. The summed E-state index contributed by atoms with van der Waals surface area (Å²) in [5.41, 5.74) is 0. The Labute approximate surface area is 469 Å². The zero-order valence-corrected chi connectivity index (χ0v) is 52.2. The highest BCUT2D eigenvalue weighted by Crippen LogP contribution is 2.38. The molecule has 9 heteroatoms. The first-order chi connectivity index (χ1) is 36.5. The average Bonchev–Trinajstić information content (AvgIpc) is 3.37. The van der Waals surface area contributed by atoms with Crippen LogP contribution in [-0.4, -0.2) is 68.5 Å². The van der Waals surface area contributed by atoms with Crippen molar-refractivity contribution < 1.29 is 32.9 Å². The number of carbonyl (C=O) groups is 1. The third-order valence-electron chi connectivity index (χ3n) is 15.8. The van der Waals surface area contributed by atoms with E-state index in [0.717, 1.165) is 38.5 Å². The van der Waals surface area contributed by atoms with E-state index in [1.807, 2.05) is 21.1 Å². The SMILES string of the molecule is CCCCCCCCCC/C=C\CCCCCCCCCCCC(=O)NC(COP(=O)([O-])OCC[N+](C)(C)C)C(O)CCCCCCCCCCCCCCCCCCCCCCCCCCCCCCCCCC. The van der Waals surface area contributed by atoms with Crippen LogP contribution < -0.4 is 10.2 Å². The molecule has 0 radical (unpaired) electrons. The van der Waals surface area contributed by atoms with Crippen LogP contribution in [0.1, 0.15) is 354 Å². The lowest BCUT2D eigenvalue weighted by Crippen LogP contribution is -2.46. The van der Waals surface area contributed by atoms with E-state index in [1.54, 1.807) is 0 Å². The Morgan fingerprint density at radius 2 is 0.733 bits per heavy atom. The Bertz CT molecular complexity index is 1230. The number of aliphatic hydroxyl groups excluding tert-OH is 1. The van der Waals surface area contributed by atoms with Crippen LogP contribution in [-0.2, 0) is 18.4 Å². The minimum atomic E-state index is -4.58. The van der Waals surface area contributed by atoms with Gasteiger partial charge in [-0.2, -0.15) is 0 Å². The van der Waals surface area contributed by atoms with Crippen LogP contribution in [0.5, 0.6) is 0 Å². The number of nitrogens with one attached hydrogen (secondary N) is 1. The van der Waals surface area contributed by atoms with E-state index in [4.69, 9.17) is 9.05 Å². The lowest BCUT2D eigenvalue weighted by Gasteiger charge is -2.30. The summed E-state index contributed by atoms with van der Waals surface area (Å²) < 4.78 is 23.5. The van der Waals surface area contributed by atoms with Crippen molar-refractivity contribution in [1.82, 2.24) is 5.32 Å². The molecule has 0 spiro atoms. The number of likely N-dealkylation sites (N-methyl/N-ethyl adjacent to an activating group) is 1. The summed E-state index contributed by atoms with van der Waals surface area (Å²) in [6.07, 6.45) is 72.8. The molecule has 8 nitrogen and oxygen atoms in total. The van der Waals surface area contributed by atoms with Crippen LogP contribution in [0, 0.1) is 0 Å². The highest BCUT2D eigenvalue weighted by molar-refractivity contribution is 7.45. The summed E-state index contributed by atoms with van der Waals surface area (Å²) in [6.45, 7) is 4.78. The number of aliphatic hydroxyl groups is 1. The number of rotatable bonds is 63. The van der Waals surface area contributed by atoms with Crippen LogP contribution in [0.2, 0.25) is 0 Å². The zero-order chi connectivity index (χ0) is 54.9. The Hall–Kier alpha value is -0.760. The number of allylic oxidation sites excluding steroid dienone is 2. The molecule has 0 bridgehead atoms. The van der Waals surface area contributed by atoms with Crippen LogP contribution in [0.25, 0.3) is 0 Å². The van der Waals surface area contributed by atoms with E-state index in [-0.39, 0.29) is 19.1 Å². The van der Waals surface area contributed by atoms with Gasteiger partial charge in [-0.05, 0) is 38.5 Å². The van der Waals surface area contributed by atoms with Crippen molar-refractivity contribution >= 4 is 13.7 Å². The summed E-state index contributed by atoms with van der Waals surface area (Å²) >= 11 is 0. The maximum Gasteiger partial charge on any atom is 0.268 e. The Balaban J connectivity index is 4.00. The number of unbranched alkanes of at least 4 members (excludes halogenated alkanes) is 48. The topological polar surface area (TPSA) is 108 Å². The van der Waals surface area contributed by atoms with Gasteiger partial charge >= 0.3 is 0 Å². The number of phosphoric ester groups is 1. The van der Waals surface area contributed by atoms with Crippen LogP contribution in [0.3, 0.4) is 0 Å². The molecule has 2 N–H and O–H groups in total. The molecule has 3 atom stereocenters. The standard InChI is InChI=1S/C66H133N2O6P/c1-6-8-10-12-14-16-18-20-22-24-26-28-29-30-31-32-33-34-35-36-37-38-40-41-43-45-47-49-51-53-55-57-59-65(69)64(63-74-75(71,72)73-62-61-68(3,4)5)67-66(70)60-58-56-54-52-50-48-46-44-42-39-27-25-23-21-19-17-15-13-11-9-7-2/h25,27,64-65,69H,6-24,26,28-63H2,1-5H3,(H-,67,70,71,72)/b27-25-. The normalized spacial score (nSPS) is 13.7. The van der Waals surface area contributed by atoms with Gasteiger partial charge < -0.3 is 28.8 Å². The molecular weight excluding hydrogens is 948 g/mol. The lowest BCUT2D eigenvalue weighted by molar-refractivity contribution is -0.870. The fraction of sp³-hybridized carbons (Fsp3) is 0.955. The maximum absolute atomic E-state index is 13.0. The molecule has 75 heavy (non-hydrogen) atoms. The molecule has 0 aliphatic heterocycles. The van der Waals surface area contributed by atoms with Crippen molar-refractivity contribution in [1.29, 1.82) is 0 Å². The molecule has 1 amide bonds. The van der Waals surface area contributed by atoms with E-state index in [1.165, 1.54) is 289 Å². The number of quaternary nitrogens is 1. The van der Waals surface area contributed by atoms with Crippen molar-refractivity contribution in [2.75, 3.05) is 40.9 Å². The van der Waals surface area contributed by atoms with Gasteiger partial charge in [0.05, 0.1) is 39.9 Å². The van der Waals surface area contributed by atoms with Gasteiger partial charge in [0.15, 0.2) is 0 Å². The molecule has 448 valence electrons. The van der Waals surface area contributed by atoms with E-state index in [0.29, 0.717) is 23.9 Å². The third kappa shape index (κ3) is 60.7. The molecule has 0 saturated carbocycles. The van der Waals surface area contributed by atoms with Gasteiger partial charge in [0, 0.05) is 6.42 Å². The number of phosphoric acid groups is 1. The van der Waals surface area contributed by atoms with Crippen molar-refractivity contribution in [3.63, 3.8) is 0 Å². The highest BCUT2D eigenvalue weighted by atomic mass is 31.2. The molecule has 0 aliphatic rings. The van der Waals surface area contributed by atoms with Crippen LogP contribution in [0.15, 0.2) is 12.2 Å². The smallest absolute Gasteiger partial charge is 0.268 e. The molecule has 3 unspecified atom stereocenters. The largest absolute Gasteiger partial charge is 0.756 e. The van der Waals surface area contributed by atoms with E-state index >= 15 is 0 Å². The lowest BCUT2D eigenvalue weighted by atomic mass is 10.0. The van der Waals surface area contributed by atoms with Gasteiger partial charge in [-0.15, -0.1) is 0 Å². The molecule has 0 heterocycles. The van der Waals surface area contributed by atoms with Gasteiger partial charge in [0.25, 0.3) is 7.82 Å². The number of amides is 1. The number of hydrogen-bond donors (Lipinski definition) is 2. The van der Waals surface area contributed by atoms with E-state index < -0.39 is 20.0 Å². The second-order valence-corrected chi connectivity index (χ2v) is 25.9. The third-order valence-corrected chi connectivity index (χ3v) is 16.7. The molecule has 0 rings (SSSR count). The quantitative estimate of drug-likeness (QED) is 0.0272. The number of hydrogen-bond acceptors (Lipinski definition) is 6. The molecule has 0 aromatic carbocycles. The second kappa shape index (κ2) is 57.9. The van der Waals surface area contributed by atoms with Crippen molar-refractivity contribution in [2.24, 2.45) is 0 Å². The minimum absolute atomic E-state index is 0.0145. The Morgan fingerprint density at radius 1 is 0.453 bits per heavy atom. The van der Waals surface area contributed by atoms with Gasteiger partial charge in [-0.25, -0.2) is 0 Å². The first kappa shape index (κ1) is 74.2. The number of carbonyl (C=O) groups excluding carboxylic acids is 1. The van der Waals surface area contributed by atoms with Gasteiger partial charge in [-0.1, -0.05) is 321 Å². The minimum Gasteiger partial charge on any atom is -0.756 e. The Morgan fingerprint density at radius 3 is 1.04 bits per heavy atom. The summed E-state index contributed by atoms with van der Waals surface area (Å²) in [5, 5.41) is 14.1. The fourth-order valence-electron chi connectivity index (χ4n) is 10.5. The zero-order valence-electron chi connectivity index (χ0n) is 51.3. The van der Waals surface area contributed by atoms with Gasteiger partial charge in [0.1, 0.15) is 13.2 Å². The van der Waals surface area contributed by atoms with E-state index in [2.05, 4.69) is 31.3 Å². The maximum atomic E-state index is 13.0. The van der Waals surface area contributed by atoms with Crippen molar-refractivity contribution in [3.8, 4) is 0 Å². The first-order valence-corrected chi connectivity index (χ1v) is 35.0. The average molecular weight is 1080 g/mol. The molecule has 0 fully saturated rings. The fourth-order valence-corrected chi connectivity index (χ4v) is 11.2. The summed E-state index contributed by atoms with van der Waals surface area (Å²) in [5.74, 6) is -0.160. The summed E-state index contributed by atoms with van der Waals surface area (Å²) in [7, 11) is 1.32. The summed E-state index contributed by atoms with van der Waals surface area (Å²) in [4.78, 5) is 25.6. The number of nitrogens with zero attached hydrogens (tertiary/aromatic N) is 1. The molecule has 0 saturated heterocycles. The van der Waals surface area contributed by atoms with Crippen LogP contribution >= 0.6 is 7.82 Å². The highest BCUT2D eigenvalue weighted by Gasteiger charge is 2.24. The second-order valence-electron chi connectivity index (χ2n) is 24.5. The Kier molecular flexibility index (Phi) is 57.3. The van der Waals surface area contributed by atoms with Crippen LogP contribution in [0.4, 0.5) is 0 Å². The monoisotopic (exact) mass is 1080 g/mol. The summed E-state index contributed by atoms with van der Waals surface area (Å²) in [6, 6.07) is -0.800. The van der Waals surface area contributed by atoms with E-state index in [9.17, 15) is 19.4 Å². The van der Waals surface area contributed by atoms with Gasteiger partial charge in [-0.3, -0.25) is 9.36 Å². The first-order valence-electron chi connectivity index (χ1n) is 33.5. The predicted molar refractivity (Wildman–Crippen MR) is 326 cm³/mol. The van der Waals surface area contributed by atoms with Crippen molar-refractivity contribution in [2.45, 2.75) is 366 Å². The molecule has 0 aromatic rings. The van der Waals surface area contributed by atoms with Crippen molar-refractivity contribution in [3.05, 3.63) is 12.2 Å². The molecule has 0 aliphatic carbocycles. The van der Waals surface area contributed by atoms with Gasteiger partial charge in [0.2, 0.25) is 5.91 Å².